The lowest BCUT2D eigenvalue weighted by molar-refractivity contribution is -0.135. The van der Waals surface area contributed by atoms with Gasteiger partial charge in [0.15, 0.2) is 0 Å². The Hall–Kier alpha value is -0.180. The van der Waals surface area contributed by atoms with Crippen molar-refractivity contribution in [2.45, 2.75) is 57.7 Å². The van der Waals surface area contributed by atoms with Crippen LogP contribution in [0.5, 0.6) is 0 Å². The molecule has 1 rings (SSSR count). The minimum Gasteiger partial charge on any atom is -0.339 e. The molecule has 1 heterocycles. The summed E-state index contributed by atoms with van der Waals surface area (Å²) in [5, 5.41) is -0.128. The second-order valence-electron chi connectivity index (χ2n) is 4.78. The molecule has 1 amide bonds. The molecule has 1 aliphatic rings. The summed E-state index contributed by atoms with van der Waals surface area (Å²) in [6, 6.07) is 0.458. The summed E-state index contributed by atoms with van der Waals surface area (Å²) in [5.41, 5.74) is 0. The lowest BCUT2D eigenvalue weighted by atomic mass is 9.98. The maximum absolute atomic E-state index is 12.2. The maximum Gasteiger partial charge on any atom is 0.235 e. The number of carbonyl (C=O) groups excluding carboxylic acids is 1. The number of rotatable bonds is 3. The van der Waals surface area contributed by atoms with Gasteiger partial charge in [0.05, 0.1) is 5.25 Å². The van der Waals surface area contributed by atoms with Gasteiger partial charge < -0.3 is 4.90 Å². The third-order valence-corrected chi connectivity index (χ3v) is 4.08. The van der Waals surface area contributed by atoms with Gasteiger partial charge in [-0.25, -0.2) is 0 Å². The van der Waals surface area contributed by atoms with Gasteiger partial charge in [-0.15, -0.1) is 0 Å². The first-order valence-electron chi connectivity index (χ1n) is 6.06. The highest BCUT2D eigenvalue weighted by atomic mass is 32.1. The van der Waals surface area contributed by atoms with Crippen LogP contribution in [0.15, 0.2) is 0 Å². The molecular weight excluding hydrogens is 206 g/mol. The lowest BCUT2D eigenvalue weighted by Gasteiger charge is -2.37. The number of carbonyl (C=O) groups is 1. The Morgan fingerprint density at radius 3 is 2.67 bits per heavy atom. The van der Waals surface area contributed by atoms with Crippen LogP contribution >= 0.6 is 12.6 Å². The van der Waals surface area contributed by atoms with Gasteiger partial charge in [-0.1, -0.05) is 20.8 Å². The third-order valence-electron chi connectivity index (χ3n) is 3.27. The Morgan fingerprint density at radius 1 is 1.47 bits per heavy atom. The van der Waals surface area contributed by atoms with Crippen LogP contribution in [0.3, 0.4) is 0 Å². The number of hydrogen-bond acceptors (Lipinski definition) is 2. The van der Waals surface area contributed by atoms with E-state index in [2.05, 4.69) is 38.3 Å². The molecule has 0 radical (unpaired) electrons. The fourth-order valence-corrected chi connectivity index (χ4v) is 2.32. The van der Waals surface area contributed by atoms with Gasteiger partial charge in [0.2, 0.25) is 5.91 Å². The van der Waals surface area contributed by atoms with Crippen molar-refractivity contribution in [3.63, 3.8) is 0 Å². The number of piperidine rings is 1. The summed E-state index contributed by atoms with van der Waals surface area (Å²) >= 11 is 4.42. The molecule has 0 bridgehead atoms. The van der Waals surface area contributed by atoms with E-state index in [-0.39, 0.29) is 11.2 Å². The van der Waals surface area contributed by atoms with E-state index in [0.717, 1.165) is 19.4 Å². The Morgan fingerprint density at radius 2 is 2.13 bits per heavy atom. The van der Waals surface area contributed by atoms with Crippen LogP contribution in [0.1, 0.15) is 46.5 Å². The van der Waals surface area contributed by atoms with Gasteiger partial charge in [0.1, 0.15) is 0 Å². The van der Waals surface area contributed by atoms with Crippen LogP contribution in [-0.2, 0) is 4.79 Å². The van der Waals surface area contributed by atoms with E-state index in [4.69, 9.17) is 0 Å². The smallest absolute Gasteiger partial charge is 0.235 e. The SMILES string of the molecule is CCC1CCCCN1C(=O)C(S)C(C)C. The second-order valence-corrected chi connectivity index (χ2v) is 5.33. The summed E-state index contributed by atoms with van der Waals surface area (Å²) in [6.07, 6.45) is 4.66. The standard InChI is InChI=1S/C12H23NOS/c1-4-10-7-5-6-8-13(10)12(14)11(15)9(2)3/h9-11,15H,4-8H2,1-3H3. The molecule has 3 heteroatoms. The van der Waals surface area contributed by atoms with Gasteiger partial charge in [-0.3, -0.25) is 4.79 Å². The fraction of sp³-hybridized carbons (Fsp3) is 0.917. The molecule has 0 aromatic rings. The van der Waals surface area contributed by atoms with Crippen LogP contribution in [0, 0.1) is 5.92 Å². The minimum absolute atomic E-state index is 0.128. The van der Waals surface area contributed by atoms with Crippen LogP contribution in [0.25, 0.3) is 0 Å². The van der Waals surface area contributed by atoms with Crippen molar-refractivity contribution >= 4 is 18.5 Å². The van der Waals surface area contributed by atoms with E-state index >= 15 is 0 Å². The highest BCUT2D eigenvalue weighted by Crippen LogP contribution is 2.23. The van der Waals surface area contributed by atoms with Gasteiger partial charge in [0, 0.05) is 12.6 Å². The number of likely N-dealkylation sites (tertiary alicyclic amines) is 1. The Kier molecular flexibility index (Phi) is 4.97. The van der Waals surface area contributed by atoms with Crippen LogP contribution in [-0.4, -0.2) is 28.6 Å². The largest absolute Gasteiger partial charge is 0.339 e. The number of amides is 1. The first-order valence-corrected chi connectivity index (χ1v) is 6.58. The average Bonchev–Trinajstić information content (AvgIpc) is 2.26. The zero-order valence-electron chi connectivity index (χ0n) is 10.1. The Balaban J connectivity index is 2.63. The molecular formula is C12H23NOS. The topological polar surface area (TPSA) is 20.3 Å². The molecule has 0 saturated carbocycles. The van der Waals surface area contributed by atoms with Crippen molar-refractivity contribution in [1.29, 1.82) is 0 Å². The number of hydrogen-bond donors (Lipinski definition) is 1. The zero-order valence-corrected chi connectivity index (χ0v) is 11.0. The van der Waals surface area contributed by atoms with Gasteiger partial charge in [0.25, 0.3) is 0 Å². The molecule has 0 aromatic heterocycles. The van der Waals surface area contributed by atoms with Crippen molar-refractivity contribution in [3.8, 4) is 0 Å². The van der Waals surface area contributed by atoms with E-state index in [0.29, 0.717) is 12.0 Å². The van der Waals surface area contributed by atoms with Crippen molar-refractivity contribution < 1.29 is 4.79 Å². The summed E-state index contributed by atoms with van der Waals surface area (Å²) in [7, 11) is 0. The summed E-state index contributed by atoms with van der Waals surface area (Å²) < 4.78 is 0. The number of nitrogens with zero attached hydrogens (tertiary/aromatic N) is 1. The fourth-order valence-electron chi connectivity index (χ4n) is 2.17. The Labute approximate surface area is 98.8 Å². The maximum atomic E-state index is 12.2. The molecule has 1 aliphatic heterocycles. The monoisotopic (exact) mass is 229 g/mol. The van der Waals surface area contributed by atoms with Crippen LogP contribution in [0.2, 0.25) is 0 Å². The molecule has 88 valence electrons. The summed E-state index contributed by atoms with van der Waals surface area (Å²) in [6.45, 7) is 7.21. The minimum atomic E-state index is -0.128. The predicted molar refractivity (Wildman–Crippen MR) is 67.3 cm³/mol. The Bertz CT molecular complexity index is 218. The normalized spacial score (nSPS) is 24.3. The lowest BCUT2D eigenvalue weighted by Crippen LogP contribution is -2.47. The third kappa shape index (κ3) is 3.13. The predicted octanol–water partition coefficient (Wildman–Crippen LogP) is 2.73. The molecule has 0 N–H and O–H groups in total. The van der Waals surface area contributed by atoms with Gasteiger partial charge in [-0.05, 0) is 31.6 Å². The van der Waals surface area contributed by atoms with Gasteiger partial charge in [-0.2, -0.15) is 12.6 Å². The first kappa shape index (κ1) is 12.9. The highest BCUT2D eigenvalue weighted by molar-refractivity contribution is 7.81. The molecule has 15 heavy (non-hydrogen) atoms. The first-order chi connectivity index (χ1) is 7.07. The quantitative estimate of drug-likeness (QED) is 0.738. The van der Waals surface area contributed by atoms with Crippen molar-refractivity contribution in [2.75, 3.05) is 6.54 Å². The molecule has 1 fully saturated rings. The molecule has 0 aliphatic carbocycles. The second kappa shape index (κ2) is 5.78. The molecule has 2 nitrogen and oxygen atoms in total. The highest BCUT2D eigenvalue weighted by Gasteiger charge is 2.30. The average molecular weight is 229 g/mol. The molecule has 1 saturated heterocycles. The van der Waals surface area contributed by atoms with E-state index in [9.17, 15) is 4.79 Å². The van der Waals surface area contributed by atoms with Crippen molar-refractivity contribution in [3.05, 3.63) is 0 Å². The van der Waals surface area contributed by atoms with E-state index in [1.54, 1.807) is 0 Å². The molecule has 0 spiro atoms. The molecule has 0 aromatic carbocycles. The molecule has 2 atom stereocenters. The van der Waals surface area contributed by atoms with Crippen LogP contribution < -0.4 is 0 Å². The van der Waals surface area contributed by atoms with Gasteiger partial charge >= 0.3 is 0 Å². The summed E-state index contributed by atoms with van der Waals surface area (Å²) in [4.78, 5) is 14.2. The van der Waals surface area contributed by atoms with Crippen LogP contribution in [0.4, 0.5) is 0 Å². The summed E-state index contributed by atoms with van der Waals surface area (Å²) in [5.74, 6) is 0.556. The van der Waals surface area contributed by atoms with Crippen molar-refractivity contribution in [2.24, 2.45) is 5.92 Å². The van der Waals surface area contributed by atoms with Crippen molar-refractivity contribution in [1.82, 2.24) is 4.90 Å². The van der Waals surface area contributed by atoms with E-state index in [1.165, 1.54) is 12.8 Å². The van der Waals surface area contributed by atoms with E-state index < -0.39 is 0 Å². The molecule has 2 unspecified atom stereocenters. The number of thiol groups is 1. The zero-order chi connectivity index (χ0) is 11.4. The van der Waals surface area contributed by atoms with E-state index in [1.807, 2.05) is 0 Å².